The lowest BCUT2D eigenvalue weighted by atomic mass is 10.1. The normalized spacial score (nSPS) is 14.0. The van der Waals surface area contributed by atoms with Crippen LogP contribution in [0.5, 0.6) is 5.75 Å². The first-order chi connectivity index (χ1) is 13.1. The Morgan fingerprint density at radius 3 is 2.67 bits per heavy atom. The molecule has 1 aliphatic rings. The number of methoxy groups -OCH3 is 1. The molecule has 0 saturated carbocycles. The number of ether oxygens (including phenoxy) is 1. The molecular formula is C19H17Cl2FN4O. The van der Waals surface area contributed by atoms with Crippen molar-refractivity contribution in [1.29, 1.82) is 0 Å². The summed E-state index contributed by atoms with van der Waals surface area (Å²) in [5.41, 5.74) is 1.88. The Hall–Kier alpha value is -2.31. The number of benzene rings is 2. The Balaban J connectivity index is 1.81. The van der Waals surface area contributed by atoms with Crippen LogP contribution in [0.15, 0.2) is 30.6 Å². The van der Waals surface area contributed by atoms with Crippen molar-refractivity contribution >= 4 is 51.3 Å². The molecule has 1 fully saturated rings. The molecule has 0 amide bonds. The Morgan fingerprint density at radius 1 is 1.15 bits per heavy atom. The van der Waals surface area contributed by atoms with E-state index < -0.39 is 5.82 Å². The van der Waals surface area contributed by atoms with Gasteiger partial charge in [-0.2, -0.15) is 0 Å². The lowest BCUT2D eigenvalue weighted by Gasteiger charge is -2.21. The van der Waals surface area contributed by atoms with Crippen molar-refractivity contribution in [2.45, 2.75) is 12.8 Å². The molecule has 1 aromatic heterocycles. The van der Waals surface area contributed by atoms with E-state index in [2.05, 4.69) is 20.2 Å². The van der Waals surface area contributed by atoms with Gasteiger partial charge in [0, 0.05) is 24.5 Å². The van der Waals surface area contributed by atoms with E-state index in [4.69, 9.17) is 27.9 Å². The molecule has 5 nitrogen and oxygen atoms in total. The predicted octanol–water partition coefficient (Wildman–Crippen LogP) is 5.43. The fourth-order valence-electron chi connectivity index (χ4n) is 3.29. The van der Waals surface area contributed by atoms with Gasteiger partial charge in [0.25, 0.3) is 0 Å². The van der Waals surface area contributed by atoms with Gasteiger partial charge in [-0.25, -0.2) is 14.4 Å². The molecule has 8 heteroatoms. The highest BCUT2D eigenvalue weighted by Crippen LogP contribution is 2.38. The number of hydrogen-bond acceptors (Lipinski definition) is 5. The molecule has 2 heterocycles. The lowest BCUT2D eigenvalue weighted by Crippen LogP contribution is -2.18. The summed E-state index contributed by atoms with van der Waals surface area (Å²) in [7, 11) is 1.65. The average molecular weight is 407 g/mol. The van der Waals surface area contributed by atoms with Crippen LogP contribution in [-0.4, -0.2) is 30.2 Å². The highest BCUT2D eigenvalue weighted by atomic mass is 35.5. The molecule has 0 bridgehead atoms. The van der Waals surface area contributed by atoms with Crippen molar-refractivity contribution < 1.29 is 9.13 Å². The topological polar surface area (TPSA) is 50.3 Å². The second kappa shape index (κ2) is 7.37. The first-order valence-electron chi connectivity index (χ1n) is 8.56. The van der Waals surface area contributed by atoms with Gasteiger partial charge in [0.05, 0.1) is 34.0 Å². The summed E-state index contributed by atoms with van der Waals surface area (Å²) < 4.78 is 20.0. The first kappa shape index (κ1) is 18.1. The van der Waals surface area contributed by atoms with Crippen molar-refractivity contribution in [2.24, 2.45) is 0 Å². The monoisotopic (exact) mass is 406 g/mol. The van der Waals surface area contributed by atoms with Crippen LogP contribution in [0.4, 0.5) is 21.6 Å². The van der Waals surface area contributed by atoms with E-state index in [1.165, 1.54) is 18.5 Å². The minimum atomic E-state index is -0.621. The molecular weight excluding hydrogens is 390 g/mol. The van der Waals surface area contributed by atoms with Gasteiger partial charge in [-0.15, -0.1) is 0 Å². The predicted molar refractivity (Wildman–Crippen MR) is 107 cm³/mol. The van der Waals surface area contributed by atoms with E-state index in [0.717, 1.165) is 42.8 Å². The van der Waals surface area contributed by atoms with Gasteiger partial charge in [0.15, 0.2) is 5.82 Å². The molecule has 0 atom stereocenters. The molecule has 0 unspecified atom stereocenters. The van der Waals surface area contributed by atoms with E-state index in [9.17, 15) is 4.39 Å². The van der Waals surface area contributed by atoms with Crippen LogP contribution in [-0.2, 0) is 0 Å². The van der Waals surface area contributed by atoms with Gasteiger partial charge in [0.1, 0.15) is 17.9 Å². The lowest BCUT2D eigenvalue weighted by molar-refractivity contribution is 0.415. The van der Waals surface area contributed by atoms with Gasteiger partial charge < -0.3 is 15.0 Å². The smallest absolute Gasteiger partial charge is 0.166 e. The third-order valence-electron chi connectivity index (χ3n) is 4.67. The third-order valence-corrected chi connectivity index (χ3v) is 5.45. The highest BCUT2D eigenvalue weighted by Gasteiger charge is 2.19. The number of fused-ring (bicyclic) bond motifs is 1. The van der Waals surface area contributed by atoms with E-state index in [1.54, 1.807) is 7.11 Å². The molecule has 0 radical (unpaired) electrons. The Morgan fingerprint density at radius 2 is 1.93 bits per heavy atom. The van der Waals surface area contributed by atoms with Crippen LogP contribution in [0, 0.1) is 5.82 Å². The molecule has 1 saturated heterocycles. The summed E-state index contributed by atoms with van der Waals surface area (Å²) in [4.78, 5) is 10.9. The zero-order valence-corrected chi connectivity index (χ0v) is 16.1. The number of halogens is 3. The first-order valence-corrected chi connectivity index (χ1v) is 9.32. The number of nitrogens with zero attached hydrogens (tertiary/aromatic N) is 3. The van der Waals surface area contributed by atoms with Crippen LogP contribution >= 0.6 is 23.2 Å². The van der Waals surface area contributed by atoms with E-state index in [1.807, 2.05) is 12.1 Å². The maximum Gasteiger partial charge on any atom is 0.166 e. The number of hydrogen-bond donors (Lipinski definition) is 1. The molecule has 4 rings (SSSR count). The van der Waals surface area contributed by atoms with Crippen molar-refractivity contribution in [3.05, 3.63) is 46.5 Å². The number of aromatic nitrogens is 2. The second-order valence-electron chi connectivity index (χ2n) is 6.31. The minimum absolute atomic E-state index is 0.126. The van der Waals surface area contributed by atoms with Crippen LogP contribution in [0.3, 0.4) is 0 Å². The van der Waals surface area contributed by atoms with Crippen LogP contribution in [0.1, 0.15) is 12.8 Å². The Bertz CT molecular complexity index is 1010. The summed E-state index contributed by atoms with van der Waals surface area (Å²) in [6.45, 7) is 1.94. The molecule has 1 aliphatic heterocycles. The van der Waals surface area contributed by atoms with Crippen molar-refractivity contribution in [2.75, 3.05) is 30.4 Å². The minimum Gasteiger partial charge on any atom is -0.495 e. The van der Waals surface area contributed by atoms with Crippen LogP contribution in [0.25, 0.3) is 10.9 Å². The van der Waals surface area contributed by atoms with Gasteiger partial charge >= 0.3 is 0 Å². The molecule has 27 heavy (non-hydrogen) atoms. The summed E-state index contributed by atoms with van der Waals surface area (Å²) in [6.07, 6.45) is 3.72. The molecule has 140 valence electrons. The third kappa shape index (κ3) is 3.35. The van der Waals surface area contributed by atoms with Crippen LogP contribution < -0.4 is 15.0 Å². The maximum atomic E-state index is 14.4. The van der Waals surface area contributed by atoms with E-state index in [-0.39, 0.29) is 15.7 Å². The maximum absolute atomic E-state index is 14.4. The molecule has 2 aromatic carbocycles. The Labute approximate surface area is 166 Å². The second-order valence-corrected chi connectivity index (χ2v) is 7.09. The van der Waals surface area contributed by atoms with E-state index >= 15 is 0 Å². The number of rotatable bonds is 4. The van der Waals surface area contributed by atoms with Crippen molar-refractivity contribution in [3.8, 4) is 5.75 Å². The zero-order chi connectivity index (χ0) is 19.0. The Kier molecular flexibility index (Phi) is 4.93. The van der Waals surface area contributed by atoms with E-state index in [0.29, 0.717) is 11.3 Å². The average Bonchev–Trinajstić information content (AvgIpc) is 3.22. The summed E-state index contributed by atoms with van der Waals surface area (Å²) in [5.74, 6) is 0.624. The molecule has 1 N–H and O–H groups in total. The van der Waals surface area contributed by atoms with Gasteiger partial charge in [0.2, 0.25) is 0 Å². The number of anilines is 3. The molecule has 0 spiro atoms. The SMILES string of the molecule is COc1cc2ncnc(Nc3ccc(Cl)c(Cl)c3F)c2cc1N1CCCC1. The highest BCUT2D eigenvalue weighted by molar-refractivity contribution is 6.42. The molecule has 0 aliphatic carbocycles. The fraction of sp³-hybridized carbons (Fsp3) is 0.263. The standard InChI is InChI=1S/C19H17Cl2FN4O/c1-27-16-9-14-11(8-15(16)26-6-2-3-7-26)19(24-10-23-14)25-13-5-4-12(20)17(21)18(13)22/h4-5,8-10H,2-3,6-7H2,1H3,(H,23,24,25). The molecule has 3 aromatic rings. The van der Waals surface area contributed by atoms with Crippen LogP contribution in [0.2, 0.25) is 10.0 Å². The summed E-state index contributed by atoms with van der Waals surface area (Å²) in [5, 5.41) is 3.81. The van der Waals surface area contributed by atoms with Crippen molar-refractivity contribution in [1.82, 2.24) is 9.97 Å². The van der Waals surface area contributed by atoms with Gasteiger partial charge in [-0.05, 0) is 31.0 Å². The van der Waals surface area contributed by atoms with Gasteiger partial charge in [-0.3, -0.25) is 0 Å². The van der Waals surface area contributed by atoms with Crippen molar-refractivity contribution in [3.63, 3.8) is 0 Å². The zero-order valence-electron chi connectivity index (χ0n) is 14.6. The van der Waals surface area contributed by atoms with Gasteiger partial charge in [-0.1, -0.05) is 23.2 Å². The number of nitrogens with one attached hydrogen (secondary N) is 1. The summed E-state index contributed by atoms with van der Waals surface area (Å²) >= 11 is 11.8. The quantitative estimate of drug-likeness (QED) is 0.585. The largest absolute Gasteiger partial charge is 0.495 e. The fourth-order valence-corrected chi connectivity index (χ4v) is 3.60. The summed E-state index contributed by atoms with van der Waals surface area (Å²) in [6, 6.07) is 6.93.